The summed E-state index contributed by atoms with van der Waals surface area (Å²) in [6, 6.07) is 23.9. The van der Waals surface area contributed by atoms with Crippen LogP contribution in [0.1, 0.15) is 39.2 Å². The summed E-state index contributed by atoms with van der Waals surface area (Å²) >= 11 is 0. The second-order valence-corrected chi connectivity index (χ2v) is 10.9. The summed E-state index contributed by atoms with van der Waals surface area (Å²) in [5.41, 5.74) is 10.9. The molecular weight excluding hydrogens is 480 g/mol. The van der Waals surface area contributed by atoms with E-state index in [-0.39, 0.29) is 0 Å². The third-order valence-electron chi connectivity index (χ3n) is 8.44. The number of nitrogens with zero attached hydrogens (tertiary/aromatic N) is 6. The minimum atomic E-state index is 0.674. The molecule has 0 unspecified atom stereocenters. The molecule has 0 atom stereocenters. The van der Waals surface area contributed by atoms with Gasteiger partial charge in [-0.1, -0.05) is 42.0 Å². The predicted octanol–water partition coefficient (Wildman–Crippen LogP) is 5.81. The summed E-state index contributed by atoms with van der Waals surface area (Å²) < 4.78 is 4.67. The minimum absolute atomic E-state index is 0.674. The van der Waals surface area contributed by atoms with Gasteiger partial charge in [0, 0.05) is 62.6 Å². The Kier molecular flexibility index (Phi) is 6.62. The van der Waals surface area contributed by atoms with Crippen molar-refractivity contribution in [1.29, 1.82) is 5.26 Å². The van der Waals surface area contributed by atoms with Gasteiger partial charge in [-0.05, 0) is 63.1 Å². The number of anilines is 1. The van der Waals surface area contributed by atoms with E-state index < -0.39 is 0 Å². The molecule has 0 radical (unpaired) electrons. The maximum atomic E-state index is 10.3. The van der Waals surface area contributed by atoms with Crippen molar-refractivity contribution in [2.75, 3.05) is 37.6 Å². The first-order chi connectivity index (χ1) is 18.9. The van der Waals surface area contributed by atoms with Crippen LogP contribution in [0.2, 0.25) is 0 Å². The van der Waals surface area contributed by atoms with Gasteiger partial charge in [0.2, 0.25) is 0 Å². The molecule has 2 aromatic carbocycles. The summed E-state index contributed by atoms with van der Waals surface area (Å²) in [6.07, 6.45) is 0.783. The number of hydrogen-bond acceptors (Lipinski definition) is 4. The van der Waals surface area contributed by atoms with Crippen molar-refractivity contribution in [3.8, 4) is 6.07 Å². The van der Waals surface area contributed by atoms with E-state index in [1.54, 1.807) is 0 Å². The lowest BCUT2D eigenvalue weighted by Gasteiger charge is -2.38. The van der Waals surface area contributed by atoms with Crippen molar-refractivity contribution in [2.24, 2.45) is 0 Å². The molecule has 1 fully saturated rings. The predicted molar refractivity (Wildman–Crippen MR) is 159 cm³/mol. The Morgan fingerprint density at radius 3 is 2.21 bits per heavy atom. The third-order valence-corrected chi connectivity index (χ3v) is 8.44. The lowest BCUT2D eigenvalue weighted by atomic mass is 9.96. The molecule has 1 aliphatic rings. The van der Waals surface area contributed by atoms with Crippen LogP contribution in [0.5, 0.6) is 0 Å². The molecule has 6 heteroatoms. The molecule has 0 amide bonds. The van der Waals surface area contributed by atoms with Gasteiger partial charge >= 0.3 is 0 Å². The maximum absolute atomic E-state index is 10.3. The molecule has 0 aliphatic carbocycles. The van der Waals surface area contributed by atoms with Crippen LogP contribution in [0.25, 0.3) is 16.7 Å². The fourth-order valence-corrected chi connectivity index (χ4v) is 6.09. The number of pyridine rings is 1. The molecule has 0 bridgehead atoms. The summed E-state index contributed by atoms with van der Waals surface area (Å²) in [4.78, 5) is 10.1. The summed E-state index contributed by atoms with van der Waals surface area (Å²) in [6.45, 7) is 14.6. The van der Waals surface area contributed by atoms with Gasteiger partial charge in [-0.15, -0.1) is 0 Å². The molecule has 6 nitrogen and oxygen atoms in total. The van der Waals surface area contributed by atoms with Crippen molar-refractivity contribution in [2.45, 2.75) is 40.7 Å². The lowest BCUT2D eigenvalue weighted by molar-refractivity contribution is 0.246. The van der Waals surface area contributed by atoms with Gasteiger partial charge in [0.05, 0.1) is 16.6 Å². The zero-order valence-electron chi connectivity index (χ0n) is 23.4. The quantitative estimate of drug-likeness (QED) is 0.286. The summed E-state index contributed by atoms with van der Waals surface area (Å²) in [5, 5.41) is 10.3. The van der Waals surface area contributed by atoms with Crippen LogP contribution in [0.3, 0.4) is 0 Å². The van der Waals surface area contributed by atoms with E-state index in [0.29, 0.717) is 5.56 Å². The van der Waals surface area contributed by atoms with Crippen molar-refractivity contribution in [3.63, 3.8) is 0 Å². The van der Waals surface area contributed by atoms with Gasteiger partial charge < -0.3 is 9.47 Å². The zero-order valence-corrected chi connectivity index (χ0v) is 23.4. The van der Waals surface area contributed by atoms with Crippen molar-refractivity contribution in [1.82, 2.24) is 18.9 Å². The first kappa shape index (κ1) is 25.2. The minimum Gasteiger partial charge on any atom is -0.355 e. The second kappa shape index (κ2) is 10.2. The molecule has 1 saturated heterocycles. The first-order valence-electron chi connectivity index (χ1n) is 13.9. The van der Waals surface area contributed by atoms with Crippen LogP contribution in [-0.2, 0) is 13.0 Å². The van der Waals surface area contributed by atoms with Gasteiger partial charge in [-0.2, -0.15) is 5.26 Å². The average molecular weight is 517 g/mol. The molecule has 0 N–H and O–H groups in total. The van der Waals surface area contributed by atoms with E-state index in [0.717, 1.165) is 67.9 Å². The summed E-state index contributed by atoms with van der Waals surface area (Å²) in [5.74, 6) is 1.19. The lowest BCUT2D eigenvalue weighted by Crippen LogP contribution is -2.48. The number of aromatic nitrogens is 3. The highest BCUT2D eigenvalue weighted by Gasteiger charge is 2.27. The van der Waals surface area contributed by atoms with Crippen LogP contribution in [-0.4, -0.2) is 51.6 Å². The van der Waals surface area contributed by atoms with Crippen LogP contribution >= 0.6 is 0 Å². The summed E-state index contributed by atoms with van der Waals surface area (Å²) in [7, 11) is 0. The number of rotatable bonds is 6. The standard InChI is InChI=1S/C33H36N6/c1-23-9-13-27(14-10-23)21-28-26(4)29(22-34)32-35-30-7-5-6-8-31(30)39(32)33(28)37-18-15-36(16-19-37)17-20-38-24(2)11-12-25(38)3/h5-14H,15-21H2,1-4H3. The highest BCUT2D eigenvalue weighted by molar-refractivity contribution is 5.86. The molecule has 0 saturated carbocycles. The van der Waals surface area contributed by atoms with E-state index in [1.807, 2.05) is 12.1 Å². The fraction of sp³-hybridized carbons (Fsp3) is 0.333. The van der Waals surface area contributed by atoms with Crippen LogP contribution in [0.4, 0.5) is 5.82 Å². The van der Waals surface area contributed by atoms with Crippen molar-refractivity contribution >= 4 is 22.5 Å². The monoisotopic (exact) mass is 516 g/mol. The molecule has 4 heterocycles. The van der Waals surface area contributed by atoms with E-state index in [2.05, 4.69) is 101 Å². The highest BCUT2D eigenvalue weighted by atomic mass is 15.3. The normalized spacial score (nSPS) is 14.4. The number of nitriles is 1. The van der Waals surface area contributed by atoms with Crippen molar-refractivity contribution in [3.05, 3.63) is 99.9 Å². The fourth-order valence-electron chi connectivity index (χ4n) is 6.09. The molecule has 3 aromatic heterocycles. The zero-order chi connectivity index (χ0) is 27.1. The number of para-hydroxylation sites is 2. The number of piperazine rings is 1. The second-order valence-electron chi connectivity index (χ2n) is 10.9. The Morgan fingerprint density at radius 2 is 1.51 bits per heavy atom. The topological polar surface area (TPSA) is 52.5 Å². The average Bonchev–Trinajstić information content (AvgIpc) is 3.48. The van der Waals surface area contributed by atoms with Gasteiger partial charge in [-0.3, -0.25) is 9.30 Å². The van der Waals surface area contributed by atoms with Gasteiger partial charge in [0.25, 0.3) is 0 Å². The van der Waals surface area contributed by atoms with E-state index in [1.165, 1.54) is 33.9 Å². The van der Waals surface area contributed by atoms with Gasteiger partial charge in [0.1, 0.15) is 11.9 Å². The SMILES string of the molecule is Cc1ccc(Cc2c(C)c(C#N)c3nc4ccccc4n3c2N2CCN(CCn3c(C)ccc3C)CC2)cc1. The Hall–Kier alpha value is -4.08. The number of benzene rings is 2. The number of aryl methyl sites for hydroxylation is 3. The molecule has 6 rings (SSSR count). The van der Waals surface area contributed by atoms with Crippen LogP contribution in [0.15, 0.2) is 60.7 Å². The van der Waals surface area contributed by atoms with Crippen molar-refractivity contribution < 1.29 is 0 Å². The Labute approximate surface area is 230 Å². The molecular formula is C33H36N6. The smallest absolute Gasteiger partial charge is 0.157 e. The highest BCUT2D eigenvalue weighted by Crippen LogP contribution is 2.35. The maximum Gasteiger partial charge on any atom is 0.157 e. The number of hydrogen-bond donors (Lipinski definition) is 0. The Morgan fingerprint density at radius 1 is 0.821 bits per heavy atom. The Bertz CT molecular complexity index is 1670. The Balaban J connectivity index is 1.39. The van der Waals surface area contributed by atoms with E-state index in [4.69, 9.17) is 4.98 Å². The third kappa shape index (κ3) is 4.57. The number of fused-ring (bicyclic) bond motifs is 3. The molecule has 1 aliphatic heterocycles. The molecule has 0 spiro atoms. The van der Waals surface area contributed by atoms with E-state index in [9.17, 15) is 5.26 Å². The molecule has 5 aromatic rings. The van der Waals surface area contributed by atoms with Crippen LogP contribution in [0, 0.1) is 39.0 Å². The first-order valence-corrected chi connectivity index (χ1v) is 13.9. The van der Waals surface area contributed by atoms with Gasteiger partial charge in [0.15, 0.2) is 5.65 Å². The number of imidazole rings is 1. The van der Waals surface area contributed by atoms with Crippen LogP contribution < -0.4 is 4.90 Å². The molecule has 39 heavy (non-hydrogen) atoms. The van der Waals surface area contributed by atoms with Gasteiger partial charge in [-0.25, -0.2) is 4.98 Å². The largest absolute Gasteiger partial charge is 0.355 e. The molecule has 198 valence electrons. The van der Waals surface area contributed by atoms with E-state index >= 15 is 0 Å².